The van der Waals surface area contributed by atoms with Crippen molar-refractivity contribution in [3.8, 4) is 0 Å². The number of nitrogens with one attached hydrogen (secondary N) is 1. The van der Waals surface area contributed by atoms with Crippen LogP contribution in [0.15, 0.2) is 29.2 Å². The number of carbonyl (C=O) groups excluding carboxylic acids is 2. The summed E-state index contributed by atoms with van der Waals surface area (Å²) in [5.41, 5.74) is 2.60. The number of rotatable bonds is 7. The van der Waals surface area contributed by atoms with E-state index in [0.717, 1.165) is 36.1 Å². The first-order valence-electron chi connectivity index (χ1n) is 9.85. The van der Waals surface area contributed by atoms with E-state index in [-0.39, 0.29) is 18.3 Å². The van der Waals surface area contributed by atoms with Gasteiger partial charge in [0.25, 0.3) is 0 Å². The molecule has 1 aliphatic rings. The van der Waals surface area contributed by atoms with E-state index in [4.69, 9.17) is 4.74 Å². The van der Waals surface area contributed by atoms with Crippen LogP contribution in [-0.2, 0) is 28.8 Å². The largest absolute Gasteiger partial charge is 0.462 e. The van der Waals surface area contributed by atoms with Crippen molar-refractivity contribution in [2.45, 2.75) is 51.3 Å². The molecule has 3 rings (SSSR count). The lowest BCUT2D eigenvalue weighted by atomic mass is 9.88. The topological polar surface area (TPSA) is 55.4 Å². The number of fused-ring (bicyclic) bond motifs is 1. The van der Waals surface area contributed by atoms with Crippen LogP contribution in [0.5, 0.6) is 0 Å². The average molecular weight is 418 g/mol. The maximum Gasteiger partial charge on any atom is 0.341 e. The second-order valence-corrected chi connectivity index (χ2v) is 9.52. The van der Waals surface area contributed by atoms with Crippen LogP contribution in [0.1, 0.15) is 53.6 Å². The number of esters is 1. The fourth-order valence-electron chi connectivity index (χ4n) is 3.48. The molecule has 0 saturated carbocycles. The molecule has 0 radical (unpaired) electrons. The number of carbonyl (C=O) groups is 2. The van der Waals surface area contributed by atoms with E-state index < -0.39 is 0 Å². The molecular formula is C22H27NO3S2. The van der Waals surface area contributed by atoms with E-state index in [1.165, 1.54) is 21.1 Å². The van der Waals surface area contributed by atoms with Crippen LogP contribution in [0.3, 0.4) is 0 Å². The summed E-state index contributed by atoms with van der Waals surface area (Å²) in [6, 6.07) is 8.08. The summed E-state index contributed by atoms with van der Waals surface area (Å²) in [5.74, 6) is 1.20. The third-order valence-electron chi connectivity index (χ3n) is 4.84. The van der Waals surface area contributed by atoms with Gasteiger partial charge >= 0.3 is 5.97 Å². The summed E-state index contributed by atoms with van der Waals surface area (Å²) in [7, 11) is 0. The number of thioether (sulfide) groups is 1. The molecule has 0 spiro atoms. The van der Waals surface area contributed by atoms with Gasteiger partial charge in [0.2, 0.25) is 5.91 Å². The summed E-state index contributed by atoms with van der Waals surface area (Å²) < 4.78 is 5.27. The second-order valence-electron chi connectivity index (χ2n) is 7.08. The molecule has 0 fully saturated rings. The van der Waals surface area contributed by atoms with Crippen LogP contribution >= 0.6 is 23.1 Å². The standard InChI is InChI=1S/C22H27NO3S2/c1-4-26-22(25)20-17-11-6-14(3)12-18(17)28-21(20)23-19(24)13-15-7-9-16(10-8-15)27-5-2/h7-10,14H,4-6,11-13H2,1-3H3,(H,23,24). The number of hydrogen-bond acceptors (Lipinski definition) is 5. The Morgan fingerprint density at radius 1 is 1.25 bits per heavy atom. The third kappa shape index (κ3) is 4.97. The van der Waals surface area contributed by atoms with Crippen LogP contribution in [0.25, 0.3) is 0 Å². The molecule has 1 aliphatic carbocycles. The van der Waals surface area contributed by atoms with Crippen molar-refractivity contribution in [1.82, 2.24) is 0 Å². The molecule has 0 bridgehead atoms. The highest BCUT2D eigenvalue weighted by atomic mass is 32.2. The highest BCUT2D eigenvalue weighted by Crippen LogP contribution is 2.40. The zero-order chi connectivity index (χ0) is 20.1. The predicted molar refractivity (Wildman–Crippen MR) is 117 cm³/mol. The normalized spacial score (nSPS) is 15.8. The maximum atomic E-state index is 12.6. The van der Waals surface area contributed by atoms with Gasteiger partial charge < -0.3 is 10.1 Å². The van der Waals surface area contributed by atoms with Crippen molar-refractivity contribution in [3.63, 3.8) is 0 Å². The molecule has 1 unspecified atom stereocenters. The summed E-state index contributed by atoms with van der Waals surface area (Å²) in [6.07, 6.45) is 3.18. The third-order valence-corrected chi connectivity index (χ3v) is 6.91. The predicted octanol–water partition coefficient (Wildman–Crippen LogP) is 5.34. The lowest BCUT2D eigenvalue weighted by molar-refractivity contribution is -0.115. The molecule has 28 heavy (non-hydrogen) atoms. The van der Waals surface area contributed by atoms with E-state index in [0.29, 0.717) is 23.1 Å². The van der Waals surface area contributed by atoms with Crippen LogP contribution < -0.4 is 5.32 Å². The van der Waals surface area contributed by atoms with Gasteiger partial charge in [-0.05, 0) is 61.1 Å². The quantitative estimate of drug-likeness (QED) is 0.488. The Balaban J connectivity index is 1.77. The smallest absolute Gasteiger partial charge is 0.341 e. The fraction of sp³-hybridized carbons (Fsp3) is 0.455. The van der Waals surface area contributed by atoms with Gasteiger partial charge in [0.1, 0.15) is 5.00 Å². The number of ether oxygens (including phenoxy) is 1. The molecular weight excluding hydrogens is 390 g/mol. The van der Waals surface area contributed by atoms with Gasteiger partial charge in [-0.25, -0.2) is 4.79 Å². The van der Waals surface area contributed by atoms with Gasteiger partial charge in [0.05, 0.1) is 18.6 Å². The van der Waals surface area contributed by atoms with Crippen LogP contribution in [-0.4, -0.2) is 24.2 Å². The molecule has 1 amide bonds. The number of benzene rings is 1. The Hall–Kier alpha value is -1.79. The van der Waals surface area contributed by atoms with Crippen LogP contribution in [0.4, 0.5) is 5.00 Å². The first kappa shape index (κ1) is 20.9. The van der Waals surface area contributed by atoms with Gasteiger partial charge in [0.15, 0.2) is 0 Å². The molecule has 150 valence electrons. The Labute approximate surface area is 175 Å². The number of thiophene rings is 1. The minimum absolute atomic E-state index is 0.104. The van der Waals surface area contributed by atoms with E-state index in [1.807, 2.05) is 24.3 Å². The molecule has 4 nitrogen and oxygen atoms in total. The van der Waals surface area contributed by atoms with Crippen molar-refractivity contribution in [3.05, 3.63) is 45.8 Å². The second kappa shape index (κ2) is 9.61. The van der Waals surface area contributed by atoms with Crippen LogP contribution in [0, 0.1) is 5.92 Å². The van der Waals surface area contributed by atoms with Gasteiger partial charge in [-0.2, -0.15) is 0 Å². The van der Waals surface area contributed by atoms with Crippen molar-refractivity contribution < 1.29 is 14.3 Å². The van der Waals surface area contributed by atoms with E-state index in [9.17, 15) is 9.59 Å². The summed E-state index contributed by atoms with van der Waals surface area (Å²) in [4.78, 5) is 27.6. The molecule has 6 heteroatoms. The van der Waals surface area contributed by atoms with Gasteiger partial charge in [0, 0.05) is 9.77 Å². The van der Waals surface area contributed by atoms with Crippen molar-refractivity contribution in [2.24, 2.45) is 5.92 Å². The van der Waals surface area contributed by atoms with E-state index in [2.05, 4.69) is 19.2 Å². The number of amides is 1. The van der Waals surface area contributed by atoms with E-state index >= 15 is 0 Å². The fourth-order valence-corrected chi connectivity index (χ4v) is 5.56. The minimum Gasteiger partial charge on any atom is -0.462 e. The highest BCUT2D eigenvalue weighted by Gasteiger charge is 2.29. The minimum atomic E-state index is -0.328. The first-order chi connectivity index (χ1) is 13.5. The molecule has 1 heterocycles. The molecule has 2 aromatic rings. The zero-order valence-electron chi connectivity index (χ0n) is 16.7. The monoisotopic (exact) mass is 417 g/mol. The van der Waals surface area contributed by atoms with Crippen molar-refractivity contribution >= 4 is 40.0 Å². The first-order valence-corrected chi connectivity index (χ1v) is 11.6. The lowest BCUT2D eigenvalue weighted by Gasteiger charge is -2.18. The van der Waals surface area contributed by atoms with Gasteiger partial charge in [-0.15, -0.1) is 23.1 Å². The Morgan fingerprint density at radius 2 is 2.00 bits per heavy atom. The molecule has 1 N–H and O–H groups in total. The van der Waals surface area contributed by atoms with Gasteiger partial charge in [-0.3, -0.25) is 4.79 Å². The molecule has 0 saturated heterocycles. The van der Waals surface area contributed by atoms with Crippen molar-refractivity contribution in [1.29, 1.82) is 0 Å². The number of anilines is 1. The SMILES string of the molecule is CCOC(=O)c1c(NC(=O)Cc2ccc(SCC)cc2)sc2c1CCC(C)C2. The summed E-state index contributed by atoms with van der Waals surface area (Å²) in [5, 5.41) is 3.62. The number of hydrogen-bond donors (Lipinski definition) is 1. The highest BCUT2D eigenvalue weighted by molar-refractivity contribution is 7.99. The Kier molecular flexibility index (Phi) is 7.18. The lowest BCUT2D eigenvalue weighted by Crippen LogP contribution is -2.17. The molecule has 1 aromatic carbocycles. The summed E-state index contributed by atoms with van der Waals surface area (Å²) in [6.45, 7) is 6.48. The molecule has 0 aliphatic heterocycles. The summed E-state index contributed by atoms with van der Waals surface area (Å²) >= 11 is 3.31. The molecule has 1 aromatic heterocycles. The van der Waals surface area contributed by atoms with Crippen molar-refractivity contribution in [2.75, 3.05) is 17.7 Å². The average Bonchev–Trinajstić information content (AvgIpc) is 3.00. The van der Waals surface area contributed by atoms with E-state index in [1.54, 1.807) is 18.7 Å². The Bertz CT molecular complexity index is 842. The zero-order valence-corrected chi connectivity index (χ0v) is 18.3. The molecule has 1 atom stereocenters. The van der Waals surface area contributed by atoms with Crippen LogP contribution in [0.2, 0.25) is 0 Å². The van der Waals surface area contributed by atoms with Gasteiger partial charge in [-0.1, -0.05) is 26.0 Å². The Morgan fingerprint density at radius 3 is 2.68 bits per heavy atom. The maximum absolute atomic E-state index is 12.6.